The fourth-order valence-electron chi connectivity index (χ4n) is 2.35. The highest BCUT2D eigenvalue weighted by atomic mass is 35.5. The topological polar surface area (TPSA) is 21.1 Å². The van der Waals surface area contributed by atoms with Gasteiger partial charge in [-0.25, -0.2) is 9.37 Å². The molecule has 1 aromatic heterocycles. The van der Waals surface area contributed by atoms with Gasteiger partial charge in [0.1, 0.15) is 11.6 Å². The molecule has 2 rings (SSSR count). The van der Waals surface area contributed by atoms with Gasteiger partial charge >= 0.3 is 0 Å². The Bertz CT molecular complexity index is 592. The average Bonchev–Trinajstić information content (AvgIpc) is 2.72. The summed E-state index contributed by atoms with van der Waals surface area (Å²) in [6.45, 7) is 3.71. The van der Waals surface area contributed by atoms with Crippen molar-refractivity contribution in [3.63, 3.8) is 0 Å². The number of aromatic nitrogens is 2. The zero-order chi connectivity index (χ0) is 14.7. The van der Waals surface area contributed by atoms with Crippen LogP contribution in [0.1, 0.15) is 24.2 Å². The van der Waals surface area contributed by atoms with Gasteiger partial charge in [0, 0.05) is 12.6 Å². The quantitative estimate of drug-likeness (QED) is 0.600. The van der Waals surface area contributed by atoms with Crippen LogP contribution in [-0.2, 0) is 12.4 Å². The van der Waals surface area contributed by atoms with E-state index in [2.05, 4.69) is 28.5 Å². The number of hydrogen-bond acceptors (Lipinski definition) is 2. The number of unbranched alkanes of at least 4 members (excludes halogenated alkanes) is 1. The summed E-state index contributed by atoms with van der Waals surface area (Å²) in [7, 11) is 4.14. The maximum atomic E-state index is 13.6. The van der Waals surface area contributed by atoms with Crippen molar-refractivity contribution in [3.8, 4) is 0 Å². The van der Waals surface area contributed by atoms with Crippen molar-refractivity contribution in [2.75, 3.05) is 20.6 Å². The molecular formula is C15H21ClFN3. The van der Waals surface area contributed by atoms with Crippen molar-refractivity contribution in [3.05, 3.63) is 29.3 Å². The number of benzene rings is 1. The van der Waals surface area contributed by atoms with Crippen LogP contribution >= 0.6 is 11.6 Å². The summed E-state index contributed by atoms with van der Waals surface area (Å²) in [5.74, 6) is 0.954. The van der Waals surface area contributed by atoms with Gasteiger partial charge in [0.25, 0.3) is 0 Å². The van der Waals surface area contributed by atoms with E-state index in [0.29, 0.717) is 17.0 Å². The molecule has 5 heteroatoms. The van der Waals surface area contributed by atoms with E-state index in [1.165, 1.54) is 6.07 Å². The zero-order valence-corrected chi connectivity index (χ0v) is 13.0. The molecule has 20 heavy (non-hydrogen) atoms. The molecule has 0 radical (unpaired) electrons. The van der Waals surface area contributed by atoms with E-state index in [1.54, 1.807) is 6.92 Å². The second-order valence-electron chi connectivity index (χ2n) is 5.41. The Morgan fingerprint density at radius 1 is 1.30 bits per heavy atom. The molecule has 0 aliphatic carbocycles. The fourth-order valence-corrected chi connectivity index (χ4v) is 2.55. The first-order valence-electron chi connectivity index (χ1n) is 6.89. The normalized spacial score (nSPS) is 11.7. The van der Waals surface area contributed by atoms with Crippen molar-refractivity contribution in [1.29, 1.82) is 0 Å². The van der Waals surface area contributed by atoms with E-state index in [1.807, 2.05) is 6.07 Å². The van der Waals surface area contributed by atoms with Crippen LogP contribution in [0.3, 0.4) is 0 Å². The lowest BCUT2D eigenvalue weighted by molar-refractivity contribution is 0.388. The third-order valence-corrected chi connectivity index (χ3v) is 3.70. The molecule has 0 fully saturated rings. The maximum Gasteiger partial charge on any atom is 0.128 e. The van der Waals surface area contributed by atoms with Gasteiger partial charge < -0.3 is 9.47 Å². The smallest absolute Gasteiger partial charge is 0.128 e. The molecule has 0 unspecified atom stereocenters. The van der Waals surface area contributed by atoms with Crippen LogP contribution in [0.5, 0.6) is 0 Å². The van der Waals surface area contributed by atoms with Crippen LogP contribution in [0.4, 0.5) is 4.39 Å². The highest BCUT2D eigenvalue weighted by Crippen LogP contribution is 2.22. The lowest BCUT2D eigenvalue weighted by Gasteiger charge is -2.11. The fraction of sp³-hybridized carbons (Fsp3) is 0.533. The lowest BCUT2D eigenvalue weighted by atomic mass is 10.2. The van der Waals surface area contributed by atoms with Crippen LogP contribution in [0, 0.1) is 12.7 Å². The SMILES string of the molecule is Cc1cc2c(cc1F)nc(CCl)n2CCCCN(C)C. The van der Waals surface area contributed by atoms with Crippen molar-refractivity contribution in [2.24, 2.45) is 0 Å². The van der Waals surface area contributed by atoms with Crippen molar-refractivity contribution >= 4 is 22.6 Å². The van der Waals surface area contributed by atoms with E-state index in [-0.39, 0.29) is 5.82 Å². The molecule has 0 saturated carbocycles. The Balaban J connectivity index is 2.23. The third kappa shape index (κ3) is 3.30. The van der Waals surface area contributed by atoms with Gasteiger partial charge in [0.05, 0.1) is 16.9 Å². The highest BCUT2D eigenvalue weighted by Gasteiger charge is 2.12. The first kappa shape index (κ1) is 15.3. The standard InChI is InChI=1S/C15H21ClFN3/c1-11-8-14-13(9-12(11)17)18-15(10-16)20(14)7-5-4-6-19(2)3/h8-9H,4-7,10H2,1-3H3. The summed E-state index contributed by atoms with van der Waals surface area (Å²) < 4.78 is 15.7. The van der Waals surface area contributed by atoms with Gasteiger partial charge in [-0.05, 0) is 52.0 Å². The molecule has 0 atom stereocenters. The maximum absolute atomic E-state index is 13.6. The lowest BCUT2D eigenvalue weighted by Crippen LogP contribution is -2.13. The van der Waals surface area contributed by atoms with Gasteiger partial charge in [-0.3, -0.25) is 0 Å². The molecule has 0 saturated heterocycles. The Hall–Kier alpha value is -1.13. The average molecular weight is 298 g/mol. The summed E-state index contributed by atoms with van der Waals surface area (Å²) in [5.41, 5.74) is 2.31. The molecule has 0 aliphatic heterocycles. The number of rotatable bonds is 6. The summed E-state index contributed by atoms with van der Waals surface area (Å²) in [6.07, 6.45) is 2.18. The zero-order valence-electron chi connectivity index (χ0n) is 12.3. The Morgan fingerprint density at radius 2 is 2.05 bits per heavy atom. The Kier molecular flexibility index (Phi) is 5.00. The summed E-state index contributed by atoms with van der Waals surface area (Å²) >= 11 is 5.96. The van der Waals surface area contributed by atoms with Crippen LogP contribution < -0.4 is 0 Å². The minimum Gasteiger partial charge on any atom is -0.327 e. The number of imidazole rings is 1. The Morgan fingerprint density at radius 3 is 2.70 bits per heavy atom. The second-order valence-corrected chi connectivity index (χ2v) is 5.68. The largest absolute Gasteiger partial charge is 0.327 e. The number of nitrogens with zero attached hydrogens (tertiary/aromatic N) is 3. The predicted octanol–water partition coefficient (Wildman–Crippen LogP) is 3.56. The predicted molar refractivity (Wildman–Crippen MR) is 81.8 cm³/mol. The van der Waals surface area contributed by atoms with Crippen LogP contribution in [0.15, 0.2) is 12.1 Å². The first-order valence-corrected chi connectivity index (χ1v) is 7.42. The minimum absolute atomic E-state index is 0.212. The van der Waals surface area contributed by atoms with Crippen LogP contribution in [0.25, 0.3) is 11.0 Å². The van der Waals surface area contributed by atoms with E-state index in [0.717, 1.165) is 37.3 Å². The van der Waals surface area contributed by atoms with Crippen LogP contribution in [-0.4, -0.2) is 35.1 Å². The number of alkyl halides is 1. The van der Waals surface area contributed by atoms with Crippen molar-refractivity contribution < 1.29 is 4.39 Å². The van der Waals surface area contributed by atoms with E-state index in [9.17, 15) is 4.39 Å². The molecule has 110 valence electrons. The van der Waals surface area contributed by atoms with Gasteiger partial charge in [0.15, 0.2) is 0 Å². The monoisotopic (exact) mass is 297 g/mol. The van der Waals surface area contributed by atoms with Crippen molar-refractivity contribution in [2.45, 2.75) is 32.2 Å². The molecule has 0 spiro atoms. The van der Waals surface area contributed by atoms with Crippen molar-refractivity contribution in [1.82, 2.24) is 14.5 Å². The summed E-state index contributed by atoms with van der Waals surface area (Å²) in [6, 6.07) is 3.36. The number of halogens is 2. The molecule has 0 bridgehead atoms. The molecule has 1 aromatic carbocycles. The summed E-state index contributed by atoms with van der Waals surface area (Å²) in [4.78, 5) is 6.60. The number of aryl methyl sites for hydroxylation is 2. The second kappa shape index (κ2) is 6.55. The number of fused-ring (bicyclic) bond motifs is 1. The van der Waals surface area contributed by atoms with Gasteiger partial charge in [0.2, 0.25) is 0 Å². The van der Waals surface area contributed by atoms with Gasteiger partial charge in [-0.15, -0.1) is 11.6 Å². The molecule has 3 nitrogen and oxygen atoms in total. The molecule has 0 amide bonds. The van der Waals surface area contributed by atoms with E-state index < -0.39 is 0 Å². The minimum atomic E-state index is -0.212. The Labute approximate surface area is 124 Å². The van der Waals surface area contributed by atoms with Gasteiger partial charge in [-0.2, -0.15) is 0 Å². The molecular weight excluding hydrogens is 277 g/mol. The third-order valence-electron chi connectivity index (χ3n) is 3.46. The summed E-state index contributed by atoms with van der Waals surface area (Å²) in [5, 5.41) is 0. The van der Waals surface area contributed by atoms with E-state index in [4.69, 9.17) is 11.6 Å². The highest BCUT2D eigenvalue weighted by molar-refractivity contribution is 6.16. The molecule has 0 N–H and O–H groups in total. The first-order chi connectivity index (χ1) is 9.52. The van der Waals surface area contributed by atoms with Gasteiger partial charge in [-0.1, -0.05) is 0 Å². The van der Waals surface area contributed by atoms with E-state index >= 15 is 0 Å². The molecule has 1 heterocycles. The molecule has 0 aliphatic rings. The molecule has 2 aromatic rings. The van der Waals surface area contributed by atoms with Crippen LogP contribution in [0.2, 0.25) is 0 Å². The number of hydrogen-bond donors (Lipinski definition) is 0.